The molecule has 1 aliphatic heterocycles. The van der Waals surface area contributed by atoms with Crippen LogP contribution in [0.1, 0.15) is 5.56 Å². The predicted molar refractivity (Wildman–Crippen MR) is 117 cm³/mol. The molecular weight excluding hydrogens is 464 g/mol. The number of pyridine rings is 1. The molecule has 2 aromatic rings. The second-order valence-corrected chi connectivity index (χ2v) is 6.66. The zero-order chi connectivity index (χ0) is 17.6. The molecule has 0 atom stereocenters. The van der Waals surface area contributed by atoms with E-state index in [9.17, 15) is 4.39 Å². The SMILES string of the molecule is CSc1cc(CN=C(N)N2CCN(c3ccc(F)cc3)CC2)ccn1.I. The van der Waals surface area contributed by atoms with Crippen molar-refractivity contribution in [1.82, 2.24) is 9.88 Å². The number of piperazine rings is 1. The van der Waals surface area contributed by atoms with Crippen molar-refractivity contribution in [2.24, 2.45) is 10.7 Å². The van der Waals surface area contributed by atoms with Crippen LogP contribution in [0.2, 0.25) is 0 Å². The van der Waals surface area contributed by atoms with Crippen LogP contribution < -0.4 is 10.6 Å². The number of nitrogens with two attached hydrogens (primary N) is 1. The summed E-state index contributed by atoms with van der Waals surface area (Å²) in [5.41, 5.74) is 8.30. The van der Waals surface area contributed by atoms with Crippen LogP contribution in [-0.4, -0.2) is 48.3 Å². The molecule has 1 aromatic carbocycles. The number of rotatable bonds is 4. The molecular formula is C18H23FIN5S. The molecule has 0 radical (unpaired) electrons. The van der Waals surface area contributed by atoms with Crippen LogP contribution in [-0.2, 0) is 6.54 Å². The first-order valence-electron chi connectivity index (χ1n) is 8.20. The van der Waals surface area contributed by atoms with E-state index in [0.29, 0.717) is 12.5 Å². The smallest absolute Gasteiger partial charge is 0.191 e. The summed E-state index contributed by atoms with van der Waals surface area (Å²) in [6.07, 6.45) is 3.80. The van der Waals surface area contributed by atoms with E-state index in [1.807, 2.05) is 30.5 Å². The van der Waals surface area contributed by atoms with Gasteiger partial charge >= 0.3 is 0 Å². The van der Waals surface area contributed by atoms with Gasteiger partial charge in [0.1, 0.15) is 5.82 Å². The molecule has 0 spiro atoms. The maximum Gasteiger partial charge on any atom is 0.191 e. The van der Waals surface area contributed by atoms with Gasteiger partial charge in [-0.15, -0.1) is 35.7 Å². The van der Waals surface area contributed by atoms with Crippen molar-refractivity contribution in [2.75, 3.05) is 37.3 Å². The van der Waals surface area contributed by atoms with Gasteiger partial charge in [0.2, 0.25) is 0 Å². The van der Waals surface area contributed by atoms with Crippen LogP contribution in [0.4, 0.5) is 10.1 Å². The highest BCUT2D eigenvalue weighted by Crippen LogP contribution is 2.17. The first-order valence-corrected chi connectivity index (χ1v) is 9.42. The van der Waals surface area contributed by atoms with Gasteiger partial charge in [0, 0.05) is 38.1 Å². The van der Waals surface area contributed by atoms with Gasteiger partial charge < -0.3 is 15.5 Å². The van der Waals surface area contributed by atoms with Crippen LogP contribution >= 0.6 is 35.7 Å². The van der Waals surface area contributed by atoms with Crippen molar-refractivity contribution in [2.45, 2.75) is 11.6 Å². The zero-order valence-corrected chi connectivity index (χ0v) is 17.8. The molecule has 2 heterocycles. The summed E-state index contributed by atoms with van der Waals surface area (Å²) in [6, 6.07) is 10.6. The first kappa shape index (κ1) is 20.8. The summed E-state index contributed by atoms with van der Waals surface area (Å²) >= 11 is 1.61. The van der Waals surface area contributed by atoms with Crippen molar-refractivity contribution < 1.29 is 4.39 Å². The molecule has 1 saturated heterocycles. The fourth-order valence-corrected chi connectivity index (χ4v) is 3.21. The minimum atomic E-state index is -0.209. The van der Waals surface area contributed by atoms with Crippen molar-refractivity contribution in [1.29, 1.82) is 0 Å². The first-order chi connectivity index (χ1) is 12.2. The van der Waals surface area contributed by atoms with Crippen LogP contribution in [0.5, 0.6) is 0 Å². The van der Waals surface area contributed by atoms with E-state index in [-0.39, 0.29) is 29.8 Å². The Hall–Kier alpha value is -1.55. The van der Waals surface area contributed by atoms with E-state index in [0.717, 1.165) is 42.5 Å². The van der Waals surface area contributed by atoms with Gasteiger partial charge in [0.05, 0.1) is 11.6 Å². The Bertz CT molecular complexity index is 733. The quantitative estimate of drug-likeness (QED) is 0.311. The van der Waals surface area contributed by atoms with Crippen LogP contribution in [0.3, 0.4) is 0 Å². The lowest BCUT2D eigenvalue weighted by atomic mass is 10.2. The number of anilines is 1. The lowest BCUT2D eigenvalue weighted by Crippen LogP contribution is -2.51. The molecule has 140 valence electrons. The maximum absolute atomic E-state index is 13.0. The number of halogens is 2. The molecule has 0 amide bonds. The van der Waals surface area contributed by atoms with E-state index in [1.165, 1.54) is 12.1 Å². The number of hydrogen-bond donors (Lipinski definition) is 1. The van der Waals surface area contributed by atoms with Crippen LogP contribution in [0, 0.1) is 5.82 Å². The summed E-state index contributed by atoms with van der Waals surface area (Å²) < 4.78 is 13.0. The molecule has 8 heteroatoms. The number of guanidine groups is 1. The molecule has 0 unspecified atom stereocenters. The standard InChI is InChI=1S/C18H22FN5S.HI/c1-25-17-12-14(6-7-21-17)13-22-18(20)24-10-8-23(9-11-24)16-4-2-15(19)3-5-16;/h2-7,12H,8-11,13H2,1H3,(H2,20,22);1H. The largest absolute Gasteiger partial charge is 0.370 e. The lowest BCUT2D eigenvalue weighted by molar-refractivity contribution is 0.380. The van der Waals surface area contributed by atoms with E-state index in [1.54, 1.807) is 18.0 Å². The summed E-state index contributed by atoms with van der Waals surface area (Å²) in [5, 5.41) is 0.985. The number of hydrogen-bond acceptors (Lipinski definition) is 4. The molecule has 1 fully saturated rings. The lowest BCUT2D eigenvalue weighted by Gasteiger charge is -2.36. The fourth-order valence-electron chi connectivity index (χ4n) is 2.78. The van der Waals surface area contributed by atoms with Gasteiger partial charge in [-0.25, -0.2) is 14.4 Å². The average Bonchev–Trinajstić information content (AvgIpc) is 2.67. The van der Waals surface area contributed by atoms with Gasteiger partial charge in [-0.1, -0.05) is 0 Å². The topological polar surface area (TPSA) is 57.8 Å². The molecule has 1 aromatic heterocycles. The Labute approximate surface area is 174 Å². The fraction of sp³-hybridized carbons (Fsp3) is 0.333. The van der Waals surface area contributed by atoms with Crippen LogP contribution in [0.15, 0.2) is 52.6 Å². The van der Waals surface area contributed by atoms with Crippen molar-refractivity contribution in [3.05, 3.63) is 54.0 Å². The Morgan fingerprint density at radius 3 is 2.54 bits per heavy atom. The number of aromatic nitrogens is 1. The molecule has 0 saturated carbocycles. The highest BCUT2D eigenvalue weighted by molar-refractivity contribution is 14.0. The second-order valence-electron chi connectivity index (χ2n) is 5.83. The Morgan fingerprint density at radius 2 is 1.88 bits per heavy atom. The molecule has 26 heavy (non-hydrogen) atoms. The Balaban J connectivity index is 0.00000243. The normalized spacial score (nSPS) is 14.9. The summed E-state index contributed by atoms with van der Waals surface area (Å²) in [5.74, 6) is 0.362. The minimum Gasteiger partial charge on any atom is -0.370 e. The number of nitrogens with zero attached hydrogens (tertiary/aromatic N) is 4. The minimum absolute atomic E-state index is 0. The highest BCUT2D eigenvalue weighted by atomic mass is 127. The molecule has 2 N–H and O–H groups in total. The molecule has 1 aliphatic rings. The third kappa shape index (κ3) is 5.47. The molecule has 3 rings (SSSR count). The van der Waals surface area contributed by atoms with Crippen molar-refractivity contribution in [3.63, 3.8) is 0 Å². The van der Waals surface area contributed by atoms with Gasteiger partial charge in [-0.3, -0.25) is 0 Å². The van der Waals surface area contributed by atoms with Crippen molar-refractivity contribution in [3.8, 4) is 0 Å². The number of benzene rings is 1. The van der Waals surface area contributed by atoms with Gasteiger partial charge in [-0.05, 0) is 48.2 Å². The molecule has 5 nitrogen and oxygen atoms in total. The van der Waals surface area contributed by atoms with E-state index >= 15 is 0 Å². The second kappa shape index (κ2) is 9.96. The Morgan fingerprint density at radius 1 is 1.19 bits per heavy atom. The van der Waals surface area contributed by atoms with E-state index in [4.69, 9.17) is 5.73 Å². The number of thioether (sulfide) groups is 1. The highest BCUT2D eigenvalue weighted by Gasteiger charge is 2.18. The van der Waals surface area contributed by atoms with Gasteiger partial charge in [0.25, 0.3) is 0 Å². The molecule has 0 bridgehead atoms. The van der Waals surface area contributed by atoms with Gasteiger partial charge in [-0.2, -0.15) is 0 Å². The maximum atomic E-state index is 13.0. The van der Waals surface area contributed by atoms with E-state index in [2.05, 4.69) is 19.8 Å². The third-order valence-electron chi connectivity index (χ3n) is 4.23. The average molecular weight is 487 g/mol. The zero-order valence-electron chi connectivity index (χ0n) is 14.6. The number of aliphatic imine (C=N–C) groups is 1. The monoisotopic (exact) mass is 487 g/mol. The summed E-state index contributed by atoms with van der Waals surface area (Å²) in [6.45, 7) is 3.85. The predicted octanol–water partition coefficient (Wildman–Crippen LogP) is 3.20. The third-order valence-corrected chi connectivity index (χ3v) is 4.87. The van der Waals surface area contributed by atoms with Crippen LogP contribution in [0.25, 0.3) is 0 Å². The van der Waals surface area contributed by atoms with E-state index < -0.39 is 0 Å². The van der Waals surface area contributed by atoms with Gasteiger partial charge in [0.15, 0.2) is 5.96 Å². The van der Waals surface area contributed by atoms with Crippen molar-refractivity contribution >= 4 is 47.4 Å². The molecule has 0 aliphatic carbocycles. The summed E-state index contributed by atoms with van der Waals surface area (Å²) in [7, 11) is 0. The summed E-state index contributed by atoms with van der Waals surface area (Å²) in [4.78, 5) is 13.1. The Kier molecular flexibility index (Phi) is 7.95.